The summed E-state index contributed by atoms with van der Waals surface area (Å²) < 4.78 is 8.97. The van der Waals surface area contributed by atoms with Crippen LogP contribution in [0, 0.1) is 18.8 Å². The summed E-state index contributed by atoms with van der Waals surface area (Å²) in [7, 11) is 1.82. The van der Waals surface area contributed by atoms with Crippen molar-refractivity contribution in [3.8, 4) is 17.4 Å². The van der Waals surface area contributed by atoms with Crippen LogP contribution in [-0.4, -0.2) is 83.7 Å². The summed E-state index contributed by atoms with van der Waals surface area (Å²) in [6.45, 7) is 1.97. The molecule has 5 heterocycles. The fraction of sp³-hybridized carbons (Fsp3) is 0.559. The van der Waals surface area contributed by atoms with Crippen LogP contribution < -0.4 is 15.4 Å². The van der Waals surface area contributed by atoms with E-state index in [2.05, 4.69) is 15.7 Å². The SMILES string of the molecule is Cc1cc(-c2nc(O[C@@H]3C[C@H]4C(=O)N[C@]5(C(=O)O)C[C@@H]5/C=C\CCCCC[C@H](NC(=O)CC5CC5)C(=O)N4C3)c3sccc3n2)n(C)n1. The van der Waals surface area contributed by atoms with Crippen LogP contribution in [0.15, 0.2) is 29.7 Å². The molecule has 1 saturated heterocycles. The van der Waals surface area contributed by atoms with Gasteiger partial charge in [-0.2, -0.15) is 10.1 Å². The molecule has 2 aliphatic carbocycles. The molecule has 0 radical (unpaired) electrons. The topological polar surface area (TPSA) is 169 Å². The first-order valence-electron chi connectivity index (χ1n) is 16.9. The molecule has 4 aliphatic rings. The van der Waals surface area contributed by atoms with Crippen molar-refractivity contribution in [2.24, 2.45) is 18.9 Å². The standard InChI is InChI=1S/C34H41N7O6S/c1-19-14-25(40(2)39-19)29-36-23-12-13-48-28(23)31(37-29)47-22-16-26-30(43)38-34(33(45)46)17-21(34)8-6-4-3-5-7-9-24(32(44)41(26)18-22)35-27(42)15-20-10-11-20/h6,8,12-14,20-22,24,26H,3-5,7,9-11,15-18H2,1-2H3,(H,35,42)(H,38,43)(H,45,46)/b8-6-/t21-,22+,24-,26-,34+/m0/s1. The maximum atomic E-state index is 14.3. The van der Waals surface area contributed by atoms with Gasteiger partial charge in [0.2, 0.25) is 23.6 Å². The minimum Gasteiger partial charge on any atom is -0.479 e. The van der Waals surface area contributed by atoms with Crippen molar-refractivity contribution >= 4 is 45.2 Å². The number of rotatable bonds is 7. The molecule has 13 nitrogen and oxygen atoms in total. The molecule has 0 spiro atoms. The van der Waals surface area contributed by atoms with Gasteiger partial charge in [-0.05, 0) is 68.9 Å². The molecule has 48 heavy (non-hydrogen) atoms. The Bertz CT molecular complexity index is 1780. The summed E-state index contributed by atoms with van der Waals surface area (Å²) in [5.41, 5.74) is 0.830. The number of thiophene rings is 1. The van der Waals surface area contributed by atoms with Crippen molar-refractivity contribution in [2.45, 2.75) is 94.9 Å². The maximum Gasteiger partial charge on any atom is 0.330 e. The smallest absolute Gasteiger partial charge is 0.330 e. The summed E-state index contributed by atoms with van der Waals surface area (Å²) in [4.78, 5) is 64.7. The van der Waals surface area contributed by atoms with Gasteiger partial charge in [0.15, 0.2) is 5.82 Å². The van der Waals surface area contributed by atoms with E-state index in [1.807, 2.05) is 43.6 Å². The molecular weight excluding hydrogens is 634 g/mol. The van der Waals surface area contributed by atoms with Gasteiger partial charge in [0.25, 0.3) is 0 Å². The second-order valence-electron chi connectivity index (χ2n) is 13.7. The Morgan fingerprint density at radius 2 is 2.02 bits per heavy atom. The lowest BCUT2D eigenvalue weighted by Gasteiger charge is -2.29. The molecule has 0 unspecified atom stereocenters. The van der Waals surface area contributed by atoms with Gasteiger partial charge in [0.05, 0.1) is 17.8 Å². The zero-order valence-corrected chi connectivity index (χ0v) is 28.0. The average Bonchev–Trinajstić information content (AvgIpc) is 3.81. The monoisotopic (exact) mass is 675 g/mol. The number of nitrogens with one attached hydrogen (secondary N) is 2. The molecule has 14 heteroatoms. The quantitative estimate of drug-likeness (QED) is 0.318. The highest BCUT2D eigenvalue weighted by molar-refractivity contribution is 7.17. The molecule has 2 saturated carbocycles. The first kappa shape index (κ1) is 32.2. The summed E-state index contributed by atoms with van der Waals surface area (Å²) >= 11 is 1.43. The molecular formula is C34H41N7O6S. The third-order valence-electron chi connectivity index (χ3n) is 9.91. The molecule has 3 aromatic heterocycles. The number of amides is 3. The zero-order chi connectivity index (χ0) is 33.6. The Kier molecular flexibility index (Phi) is 8.69. The van der Waals surface area contributed by atoms with Crippen LogP contribution in [0.4, 0.5) is 0 Å². The molecule has 3 amide bonds. The van der Waals surface area contributed by atoms with Gasteiger partial charge in [-0.15, -0.1) is 11.3 Å². The van der Waals surface area contributed by atoms with E-state index in [1.165, 1.54) is 16.2 Å². The van der Waals surface area contributed by atoms with Gasteiger partial charge in [-0.3, -0.25) is 19.1 Å². The Labute approximate surface area is 282 Å². The van der Waals surface area contributed by atoms with E-state index in [1.54, 1.807) is 4.68 Å². The highest BCUT2D eigenvalue weighted by Gasteiger charge is 2.61. The first-order chi connectivity index (χ1) is 23.1. The molecule has 7 rings (SSSR count). The van der Waals surface area contributed by atoms with Crippen molar-refractivity contribution < 1.29 is 29.0 Å². The van der Waals surface area contributed by atoms with E-state index in [-0.39, 0.29) is 30.7 Å². The minimum absolute atomic E-state index is 0.0757. The van der Waals surface area contributed by atoms with Gasteiger partial charge in [0, 0.05) is 25.8 Å². The average molecular weight is 676 g/mol. The summed E-state index contributed by atoms with van der Waals surface area (Å²) in [5, 5.41) is 22.3. The number of aryl methyl sites for hydroxylation is 2. The predicted octanol–water partition coefficient (Wildman–Crippen LogP) is 3.51. The number of nitrogens with zero attached hydrogens (tertiary/aromatic N) is 5. The van der Waals surface area contributed by atoms with Crippen LogP contribution in [0.25, 0.3) is 21.7 Å². The second-order valence-corrected chi connectivity index (χ2v) is 14.6. The van der Waals surface area contributed by atoms with E-state index in [0.29, 0.717) is 42.4 Å². The van der Waals surface area contributed by atoms with Crippen LogP contribution in [-0.2, 0) is 26.2 Å². The fourth-order valence-electron chi connectivity index (χ4n) is 6.99. The van der Waals surface area contributed by atoms with E-state index < -0.39 is 35.6 Å². The van der Waals surface area contributed by atoms with Crippen molar-refractivity contribution in [1.82, 2.24) is 35.3 Å². The lowest BCUT2D eigenvalue weighted by Crippen LogP contribution is -2.56. The molecule has 3 fully saturated rings. The van der Waals surface area contributed by atoms with E-state index >= 15 is 0 Å². The number of hydrogen-bond donors (Lipinski definition) is 3. The largest absolute Gasteiger partial charge is 0.479 e. The van der Waals surface area contributed by atoms with Crippen molar-refractivity contribution in [2.75, 3.05) is 6.54 Å². The fourth-order valence-corrected chi connectivity index (χ4v) is 7.76. The molecule has 3 N–H and O–H groups in total. The number of carboxylic acids is 1. The summed E-state index contributed by atoms with van der Waals surface area (Å²) in [5.74, 6) is -1.33. The van der Waals surface area contributed by atoms with E-state index in [0.717, 1.165) is 54.6 Å². The third kappa shape index (κ3) is 6.54. The van der Waals surface area contributed by atoms with Gasteiger partial charge in [-0.1, -0.05) is 25.0 Å². The Morgan fingerprint density at radius 3 is 2.77 bits per heavy atom. The van der Waals surface area contributed by atoms with E-state index in [4.69, 9.17) is 14.7 Å². The highest BCUT2D eigenvalue weighted by Crippen LogP contribution is 2.45. The van der Waals surface area contributed by atoms with Crippen molar-refractivity contribution in [1.29, 1.82) is 0 Å². The van der Waals surface area contributed by atoms with Crippen LogP contribution in [0.5, 0.6) is 5.88 Å². The predicted molar refractivity (Wildman–Crippen MR) is 177 cm³/mol. The number of hydrogen-bond acceptors (Lipinski definition) is 9. The minimum atomic E-state index is -1.41. The maximum absolute atomic E-state index is 14.3. The summed E-state index contributed by atoms with van der Waals surface area (Å²) in [6.07, 6.45) is 9.79. The van der Waals surface area contributed by atoms with Crippen LogP contribution in [0.1, 0.15) is 69.9 Å². The number of carbonyl (C=O) groups excluding carboxylic acids is 3. The van der Waals surface area contributed by atoms with Gasteiger partial charge in [-0.25, -0.2) is 9.78 Å². The van der Waals surface area contributed by atoms with Crippen molar-refractivity contribution in [3.05, 3.63) is 35.4 Å². The Morgan fingerprint density at radius 1 is 1.19 bits per heavy atom. The number of aromatic nitrogens is 4. The van der Waals surface area contributed by atoms with E-state index in [9.17, 15) is 24.3 Å². The van der Waals surface area contributed by atoms with Gasteiger partial charge in [0.1, 0.15) is 34.1 Å². The molecule has 0 aromatic carbocycles. The first-order valence-corrected chi connectivity index (χ1v) is 17.7. The Hall–Kier alpha value is -4.33. The van der Waals surface area contributed by atoms with Gasteiger partial charge >= 0.3 is 5.97 Å². The molecule has 0 bridgehead atoms. The lowest BCUT2D eigenvalue weighted by atomic mass is 10.0. The van der Waals surface area contributed by atoms with Crippen LogP contribution in [0.2, 0.25) is 0 Å². The molecule has 5 atom stereocenters. The number of fused-ring (bicyclic) bond motifs is 3. The molecule has 2 aliphatic heterocycles. The number of allylic oxidation sites excluding steroid dienone is 1. The zero-order valence-electron chi connectivity index (χ0n) is 27.2. The van der Waals surface area contributed by atoms with Gasteiger partial charge < -0.3 is 25.4 Å². The normalized spacial score (nSPS) is 28.5. The highest BCUT2D eigenvalue weighted by atomic mass is 32.1. The number of carbonyl (C=O) groups is 4. The van der Waals surface area contributed by atoms with Crippen LogP contribution >= 0.6 is 11.3 Å². The number of carboxylic acid groups (broad SMARTS) is 1. The number of aliphatic carboxylic acids is 1. The summed E-state index contributed by atoms with van der Waals surface area (Å²) in [6, 6.07) is 1.99. The Balaban J connectivity index is 1.19. The molecule has 3 aromatic rings. The van der Waals surface area contributed by atoms with Crippen LogP contribution in [0.3, 0.4) is 0 Å². The number of ether oxygens (including phenoxy) is 1. The molecule has 254 valence electrons. The third-order valence-corrected chi connectivity index (χ3v) is 10.8. The van der Waals surface area contributed by atoms with Crippen molar-refractivity contribution in [3.63, 3.8) is 0 Å². The second kappa shape index (κ2) is 12.9. The lowest BCUT2D eigenvalue weighted by molar-refractivity contribution is -0.146.